The molecule has 0 fully saturated rings. The maximum atomic E-state index is 4.78. The molecule has 0 N–H and O–H groups in total. The van der Waals surface area contributed by atoms with Crippen LogP contribution in [0.15, 0.2) is 69.5 Å². The first-order valence-electron chi connectivity index (χ1n) is 6.61. The summed E-state index contributed by atoms with van der Waals surface area (Å²) in [7, 11) is 0. The van der Waals surface area contributed by atoms with Crippen LogP contribution in [0, 0.1) is 0 Å². The molecule has 0 aromatic heterocycles. The fourth-order valence-electron chi connectivity index (χ4n) is 2.23. The number of aliphatic imine (C=N–C) groups is 2. The predicted octanol–water partition coefficient (Wildman–Crippen LogP) is 4.54. The zero-order valence-corrected chi connectivity index (χ0v) is 11.9. The molecule has 0 aromatic rings. The van der Waals surface area contributed by atoms with Crippen molar-refractivity contribution in [3.63, 3.8) is 0 Å². The van der Waals surface area contributed by atoms with E-state index < -0.39 is 0 Å². The Hall–Kier alpha value is -1.96. The van der Waals surface area contributed by atoms with Crippen LogP contribution < -0.4 is 0 Å². The van der Waals surface area contributed by atoms with Gasteiger partial charge in [0.05, 0.1) is 17.1 Å². The summed E-state index contributed by atoms with van der Waals surface area (Å²) in [5, 5.41) is 0. The average Bonchev–Trinajstić information content (AvgIpc) is 2.61. The van der Waals surface area contributed by atoms with Gasteiger partial charge < -0.3 is 0 Å². The van der Waals surface area contributed by atoms with E-state index in [-0.39, 0.29) is 0 Å². The van der Waals surface area contributed by atoms with Crippen molar-refractivity contribution >= 4 is 11.4 Å². The van der Waals surface area contributed by atoms with Crippen LogP contribution in [0.25, 0.3) is 0 Å². The molecule has 0 amide bonds. The molecule has 2 aliphatic rings. The van der Waals surface area contributed by atoms with Gasteiger partial charge in [0.15, 0.2) is 0 Å². The third kappa shape index (κ3) is 3.08. The van der Waals surface area contributed by atoms with E-state index in [9.17, 15) is 0 Å². The lowest BCUT2D eigenvalue weighted by Crippen LogP contribution is -2.01. The third-order valence-corrected chi connectivity index (χ3v) is 3.26. The maximum absolute atomic E-state index is 4.78. The lowest BCUT2D eigenvalue weighted by atomic mass is 10.0. The Balaban J connectivity index is 2.52. The van der Waals surface area contributed by atoms with Gasteiger partial charge in [-0.1, -0.05) is 29.9 Å². The first kappa shape index (κ1) is 13.5. The summed E-state index contributed by atoms with van der Waals surface area (Å²) in [4.78, 5) is 9.47. The second-order valence-electron chi connectivity index (χ2n) is 4.92. The minimum atomic E-state index is 0.814. The Morgan fingerprint density at radius 2 is 2.05 bits per heavy atom. The molecule has 0 saturated heterocycles. The van der Waals surface area contributed by atoms with Gasteiger partial charge in [-0.2, -0.15) is 0 Å². The fraction of sp³-hybridized carbons (Fsp3) is 0.294. The first-order chi connectivity index (χ1) is 9.11. The SMILES string of the molecule is C=CC/C=C1/N=C2C=CC=C(C)CC2=C(C)N=C1C. The number of rotatable bonds is 2. The van der Waals surface area contributed by atoms with E-state index in [2.05, 4.69) is 49.7 Å². The van der Waals surface area contributed by atoms with Crippen LogP contribution in [-0.4, -0.2) is 11.4 Å². The summed E-state index contributed by atoms with van der Waals surface area (Å²) >= 11 is 0. The van der Waals surface area contributed by atoms with Gasteiger partial charge in [-0.05, 0) is 39.7 Å². The largest absolute Gasteiger partial charge is 0.256 e. The fourth-order valence-corrected chi connectivity index (χ4v) is 2.23. The lowest BCUT2D eigenvalue weighted by Gasteiger charge is -2.06. The number of allylic oxidation sites excluding steroid dienone is 9. The van der Waals surface area contributed by atoms with Gasteiger partial charge in [-0.15, -0.1) is 6.58 Å². The van der Waals surface area contributed by atoms with Crippen molar-refractivity contribution < 1.29 is 0 Å². The van der Waals surface area contributed by atoms with Crippen LogP contribution >= 0.6 is 0 Å². The van der Waals surface area contributed by atoms with Crippen molar-refractivity contribution in [1.29, 1.82) is 0 Å². The minimum absolute atomic E-state index is 0.814. The molecule has 19 heavy (non-hydrogen) atoms. The molecule has 2 nitrogen and oxygen atoms in total. The standard InChI is InChI=1S/C17H20N2/c1-5-6-9-16-14(4)18-13(3)15-11-12(2)8-7-10-17(15)19-16/h5,7-10H,1,6,11H2,2-4H3/b16-9+. The molecular weight excluding hydrogens is 232 g/mol. The third-order valence-electron chi connectivity index (χ3n) is 3.26. The molecule has 0 spiro atoms. The molecule has 1 aliphatic heterocycles. The van der Waals surface area contributed by atoms with Gasteiger partial charge in [0.25, 0.3) is 0 Å². The normalized spacial score (nSPS) is 21.2. The summed E-state index contributed by atoms with van der Waals surface area (Å²) in [5.41, 5.74) is 6.58. The Morgan fingerprint density at radius 3 is 2.79 bits per heavy atom. The van der Waals surface area contributed by atoms with E-state index in [1.54, 1.807) is 0 Å². The van der Waals surface area contributed by atoms with Gasteiger partial charge in [-0.3, -0.25) is 4.99 Å². The molecule has 0 radical (unpaired) electrons. The molecule has 98 valence electrons. The van der Waals surface area contributed by atoms with Crippen LogP contribution in [0.5, 0.6) is 0 Å². The van der Waals surface area contributed by atoms with Crippen LogP contribution in [0.3, 0.4) is 0 Å². The second-order valence-corrected chi connectivity index (χ2v) is 4.92. The average molecular weight is 252 g/mol. The van der Waals surface area contributed by atoms with Crippen molar-refractivity contribution in [2.24, 2.45) is 9.98 Å². The van der Waals surface area contributed by atoms with Gasteiger partial charge >= 0.3 is 0 Å². The lowest BCUT2D eigenvalue weighted by molar-refractivity contribution is 1.12. The number of nitrogens with zero attached hydrogens (tertiary/aromatic N) is 2. The van der Waals surface area contributed by atoms with Crippen molar-refractivity contribution in [1.82, 2.24) is 0 Å². The molecule has 0 bridgehead atoms. The second kappa shape index (κ2) is 5.79. The molecule has 1 heterocycles. The number of fused-ring (bicyclic) bond motifs is 1. The van der Waals surface area contributed by atoms with Crippen LogP contribution in [-0.2, 0) is 0 Å². The van der Waals surface area contributed by atoms with Crippen molar-refractivity contribution in [2.45, 2.75) is 33.6 Å². The molecule has 0 aromatic carbocycles. The Morgan fingerprint density at radius 1 is 1.26 bits per heavy atom. The predicted molar refractivity (Wildman–Crippen MR) is 83.7 cm³/mol. The minimum Gasteiger partial charge on any atom is -0.256 e. The topological polar surface area (TPSA) is 24.7 Å². The monoisotopic (exact) mass is 252 g/mol. The van der Waals surface area contributed by atoms with Gasteiger partial charge in [0, 0.05) is 11.3 Å². The van der Waals surface area contributed by atoms with E-state index in [1.807, 2.05) is 13.0 Å². The highest BCUT2D eigenvalue weighted by molar-refractivity contribution is 6.14. The molecule has 0 atom stereocenters. The van der Waals surface area contributed by atoms with Crippen molar-refractivity contribution in [3.8, 4) is 0 Å². The van der Waals surface area contributed by atoms with Crippen LogP contribution in [0.2, 0.25) is 0 Å². The zero-order chi connectivity index (χ0) is 13.8. The van der Waals surface area contributed by atoms with E-state index >= 15 is 0 Å². The summed E-state index contributed by atoms with van der Waals surface area (Å²) in [6.45, 7) is 9.97. The Bertz CT molecular complexity index is 578. The van der Waals surface area contributed by atoms with E-state index in [0.29, 0.717) is 0 Å². The summed E-state index contributed by atoms with van der Waals surface area (Å²) in [5.74, 6) is 0. The number of hydrogen-bond acceptors (Lipinski definition) is 2. The summed E-state index contributed by atoms with van der Waals surface area (Å²) in [6, 6.07) is 0. The highest BCUT2D eigenvalue weighted by atomic mass is 14.9. The summed E-state index contributed by atoms with van der Waals surface area (Å²) < 4.78 is 0. The van der Waals surface area contributed by atoms with Gasteiger partial charge in [0.1, 0.15) is 0 Å². The number of hydrogen-bond donors (Lipinski definition) is 0. The van der Waals surface area contributed by atoms with Crippen molar-refractivity contribution in [3.05, 3.63) is 59.5 Å². The summed E-state index contributed by atoms with van der Waals surface area (Å²) in [6.07, 6.45) is 12.0. The van der Waals surface area contributed by atoms with Gasteiger partial charge in [-0.25, -0.2) is 4.99 Å². The Kier molecular flexibility index (Phi) is 4.10. The highest BCUT2D eigenvalue weighted by Crippen LogP contribution is 2.25. The van der Waals surface area contributed by atoms with Crippen molar-refractivity contribution in [2.75, 3.05) is 0 Å². The molecule has 1 aliphatic carbocycles. The van der Waals surface area contributed by atoms with Crippen LogP contribution in [0.4, 0.5) is 0 Å². The van der Waals surface area contributed by atoms with Crippen LogP contribution in [0.1, 0.15) is 33.6 Å². The molecular formula is C17H20N2. The first-order valence-corrected chi connectivity index (χ1v) is 6.61. The molecule has 0 saturated carbocycles. The smallest absolute Gasteiger partial charge is 0.0812 e. The maximum Gasteiger partial charge on any atom is 0.0812 e. The zero-order valence-electron chi connectivity index (χ0n) is 11.9. The highest BCUT2D eigenvalue weighted by Gasteiger charge is 2.16. The van der Waals surface area contributed by atoms with E-state index in [1.165, 1.54) is 11.1 Å². The molecule has 0 unspecified atom stereocenters. The molecule has 2 rings (SSSR count). The quantitative estimate of drug-likeness (QED) is 0.644. The Labute approximate surface area is 115 Å². The van der Waals surface area contributed by atoms with Gasteiger partial charge in [0.2, 0.25) is 0 Å². The molecule has 2 heteroatoms. The van der Waals surface area contributed by atoms with E-state index in [0.717, 1.165) is 35.7 Å². The van der Waals surface area contributed by atoms with E-state index in [4.69, 9.17) is 4.99 Å².